The average Bonchev–Trinajstić information content (AvgIpc) is 3.08. The first-order valence-corrected chi connectivity index (χ1v) is 7.34. The van der Waals surface area contributed by atoms with E-state index in [-0.39, 0.29) is 6.04 Å². The van der Waals surface area contributed by atoms with Gasteiger partial charge in [0.2, 0.25) is 0 Å². The Labute approximate surface area is 130 Å². The second kappa shape index (κ2) is 6.12. The highest BCUT2D eigenvalue weighted by Gasteiger charge is 2.35. The van der Waals surface area contributed by atoms with Crippen molar-refractivity contribution in [1.29, 1.82) is 0 Å². The maximum atomic E-state index is 11.2. The molecule has 112 valence electrons. The van der Waals surface area contributed by atoms with E-state index in [2.05, 4.69) is 22.2 Å². The van der Waals surface area contributed by atoms with E-state index in [1.165, 1.54) is 6.33 Å². The van der Waals surface area contributed by atoms with Crippen molar-refractivity contribution in [3.63, 3.8) is 0 Å². The van der Waals surface area contributed by atoms with E-state index in [0.717, 1.165) is 11.1 Å². The van der Waals surface area contributed by atoms with Crippen LogP contribution in [0, 0.1) is 0 Å². The second-order valence-electron chi connectivity index (χ2n) is 5.59. The predicted octanol–water partition coefficient (Wildman–Crippen LogP) is 2.97. The van der Waals surface area contributed by atoms with Gasteiger partial charge in [-0.1, -0.05) is 60.7 Å². The van der Waals surface area contributed by atoms with E-state index in [1.807, 2.05) is 55.5 Å². The zero-order chi connectivity index (χ0) is 15.4. The maximum Gasteiger partial charge on any atom is 0.137 e. The molecule has 0 fully saturated rings. The quantitative estimate of drug-likeness (QED) is 0.787. The highest BCUT2D eigenvalue weighted by molar-refractivity contribution is 5.25. The van der Waals surface area contributed by atoms with Crippen LogP contribution in [0.3, 0.4) is 0 Å². The van der Waals surface area contributed by atoms with Crippen molar-refractivity contribution in [2.45, 2.75) is 25.0 Å². The molecule has 0 aliphatic carbocycles. The Hall–Kier alpha value is -2.46. The van der Waals surface area contributed by atoms with Gasteiger partial charge in [0.05, 0.1) is 6.04 Å². The van der Waals surface area contributed by atoms with Gasteiger partial charge in [-0.25, -0.2) is 9.67 Å². The molecule has 0 aliphatic rings. The van der Waals surface area contributed by atoms with Gasteiger partial charge in [0, 0.05) is 0 Å². The van der Waals surface area contributed by atoms with Crippen LogP contribution in [0.2, 0.25) is 0 Å². The van der Waals surface area contributed by atoms with Gasteiger partial charge >= 0.3 is 0 Å². The molecule has 0 radical (unpaired) electrons. The predicted molar refractivity (Wildman–Crippen MR) is 85.2 cm³/mol. The molecule has 0 spiro atoms. The van der Waals surface area contributed by atoms with Gasteiger partial charge in [-0.05, 0) is 24.5 Å². The Bertz CT molecular complexity index is 694. The normalized spacial score (nSPS) is 15.2. The number of hydrogen-bond acceptors (Lipinski definition) is 3. The van der Waals surface area contributed by atoms with Crippen LogP contribution in [-0.2, 0) is 12.0 Å². The minimum absolute atomic E-state index is 0.236. The van der Waals surface area contributed by atoms with Crippen molar-refractivity contribution in [3.05, 3.63) is 84.4 Å². The van der Waals surface area contributed by atoms with E-state index in [4.69, 9.17) is 0 Å². The molecule has 1 aromatic heterocycles. The summed E-state index contributed by atoms with van der Waals surface area (Å²) in [5, 5.41) is 15.4. The fourth-order valence-electron chi connectivity index (χ4n) is 2.73. The molecule has 0 bridgehead atoms. The second-order valence-corrected chi connectivity index (χ2v) is 5.59. The molecule has 3 aromatic rings. The van der Waals surface area contributed by atoms with Gasteiger partial charge in [0.25, 0.3) is 0 Å². The lowest BCUT2D eigenvalue weighted by Crippen LogP contribution is -2.35. The third-order valence-corrected chi connectivity index (χ3v) is 4.03. The summed E-state index contributed by atoms with van der Waals surface area (Å²) in [6.07, 6.45) is 3.83. The molecule has 4 nitrogen and oxygen atoms in total. The molecule has 0 saturated carbocycles. The highest BCUT2D eigenvalue weighted by Crippen LogP contribution is 2.34. The molecule has 0 aliphatic heterocycles. The van der Waals surface area contributed by atoms with Crippen molar-refractivity contribution in [2.75, 3.05) is 0 Å². The molecule has 0 amide bonds. The third-order valence-electron chi connectivity index (χ3n) is 4.03. The van der Waals surface area contributed by atoms with E-state index in [0.29, 0.717) is 6.42 Å². The Balaban J connectivity index is 1.99. The molecule has 1 N–H and O–H groups in total. The Morgan fingerprint density at radius 2 is 1.68 bits per heavy atom. The Kier molecular flexibility index (Phi) is 4.02. The molecular formula is C18H19N3O. The van der Waals surface area contributed by atoms with Crippen LogP contribution < -0.4 is 0 Å². The number of rotatable bonds is 5. The Morgan fingerprint density at radius 1 is 1.05 bits per heavy atom. The van der Waals surface area contributed by atoms with Crippen LogP contribution in [0.15, 0.2) is 73.3 Å². The third kappa shape index (κ3) is 2.92. The summed E-state index contributed by atoms with van der Waals surface area (Å²) in [6.45, 7) is 1.83. The molecule has 4 heteroatoms. The zero-order valence-corrected chi connectivity index (χ0v) is 12.5. The number of benzene rings is 2. The van der Waals surface area contributed by atoms with Gasteiger partial charge < -0.3 is 5.11 Å². The number of aromatic nitrogens is 3. The summed E-state index contributed by atoms with van der Waals surface area (Å²) in [7, 11) is 0. The lowest BCUT2D eigenvalue weighted by molar-refractivity contribution is -0.00474. The van der Waals surface area contributed by atoms with Gasteiger partial charge in [0.1, 0.15) is 18.3 Å². The van der Waals surface area contributed by atoms with E-state index in [9.17, 15) is 5.11 Å². The summed E-state index contributed by atoms with van der Waals surface area (Å²) in [5.41, 5.74) is 0.968. The molecule has 22 heavy (non-hydrogen) atoms. The van der Waals surface area contributed by atoms with E-state index >= 15 is 0 Å². The first-order valence-electron chi connectivity index (χ1n) is 7.34. The van der Waals surface area contributed by atoms with Crippen LogP contribution in [0.5, 0.6) is 0 Å². The monoisotopic (exact) mass is 293 g/mol. The van der Waals surface area contributed by atoms with Crippen LogP contribution in [0.25, 0.3) is 0 Å². The van der Waals surface area contributed by atoms with E-state index in [1.54, 1.807) is 11.0 Å². The van der Waals surface area contributed by atoms with Crippen molar-refractivity contribution >= 4 is 0 Å². The van der Waals surface area contributed by atoms with Crippen molar-refractivity contribution in [2.24, 2.45) is 0 Å². The molecule has 3 rings (SSSR count). The van der Waals surface area contributed by atoms with Crippen LogP contribution in [0.1, 0.15) is 24.1 Å². The van der Waals surface area contributed by atoms with Gasteiger partial charge in [-0.3, -0.25) is 0 Å². The molecule has 0 saturated heterocycles. The first kappa shape index (κ1) is 14.5. The largest absolute Gasteiger partial charge is 0.383 e. The topological polar surface area (TPSA) is 50.9 Å². The minimum Gasteiger partial charge on any atom is -0.383 e. The first-order chi connectivity index (χ1) is 10.7. The molecule has 2 atom stereocenters. The number of hydrogen-bond donors (Lipinski definition) is 1. The standard InChI is InChI=1S/C18H19N3O/c1-18(22,16-10-6-3-7-11-16)17(21-14-19-13-20-21)12-15-8-4-2-5-9-15/h2-11,13-14,17,22H,12H2,1H3. The number of nitrogens with zero attached hydrogens (tertiary/aromatic N) is 3. The van der Waals surface area contributed by atoms with Crippen molar-refractivity contribution < 1.29 is 5.11 Å². The smallest absolute Gasteiger partial charge is 0.137 e. The van der Waals surface area contributed by atoms with Crippen molar-refractivity contribution in [1.82, 2.24) is 14.8 Å². The summed E-state index contributed by atoms with van der Waals surface area (Å²) in [5.74, 6) is 0. The molecule has 1 heterocycles. The van der Waals surface area contributed by atoms with Gasteiger partial charge in [-0.15, -0.1) is 0 Å². The van der Waals surface area contributed by atoms with Crippen LogP contribution >= 0.6 is 0 Å². The Morgan fingerprint density at radius 3 is 2.27 bits per heavy atom. The van der Waals surface area contributed by atoms with Crippen LogP contribution in [-0.4, -0.2) is 19.9 Å². The summed E-state index contributed by atoms with van der Waals surface area (Å²) in [6, 6.07) is 19.6. The van der Waals surface area contributed by atoms with Crippen LogP contribution in [0.4, 0.5) is 0 Å². The van der Waals surface area contributed by atoms with Gasteiger partial charge in [-0.2, -0.15) is 5.10 Å². The fraction of sp³-hybridized carbons (Fsp3) is 0.222. The molecule has 2 aromatic carbocycles. The highest BCUT2D eigenvalue weighted by atomic mass is 16.3. The fourth-order valence-corrected chi connectivity index (χ4v) is 2.73. The summed E-state index contributed by atoms with van der Waals surface area (Å²) in [4.78, 5) is 4.03. The zero-order valence-electron chi connectivity index (χ0n) is 12.5. The summed E-state index contributed by atoms with van der Waals surface area (Å²) < 4.78 is 1.74. The molecular weight excluding hydrogens is 274 g/mol. The average molecular weight is 293 g/mol. The molecule has 2 unspecified atom stereocenters. The maximum absolute atomic E-state index is 11.2. The lowest BCUT2D eigenvalue weighted by Gasteiger charge is -2.33. The minimum atomic E-state index is -1.05. The van der Waals surface area contributed by atoms with Gasteiger partial charge in [0.15, 0.2) is 0 Å². The summed E-state index contributed by atoms with van der Waals surface area (Å²) >= 11 is 0. The van der Waals surface area contributed by atoms with Crippen molar-refractivity contribution in [3.8, 4) is 0 Å². The lowest BCUT2D eigenvalue weighted by atomic mass is 9.85. The number of aliphatic hydroxyl groups is 1. The van der Waals surface area contributed by atoms with E-state index < -0.39 is 5.60 Å². The SMILES string of the molecule is CC(O)(c1ccccc1)C(Cc1ccccc1)n1cncn1.